The summed E-state index contributed by atoms with van der Waals surface area (Å²) in [6.07, 6.45) is 3.32. The van der Waals surface area contributed by atoms with Gasteiger partial charge in [-0.25, -0.2) is 13.6 Å². The number of halogens is 2. The van der Waals surface area contributed by atoms with Gasteiger partial charge in [-0.2, -0.15) is 0 Å². The molecule has 6 nitrogen and oxygen atoms in total. The van der Waals surface area contributed by atoms with Crippen molar-refractivity contribution < 1.29 is 18.7 Å². The Balaban J connectivity index is 2.03. The van der Waals surface area contributed by atoms with E-state index in [0.29, 0.717) is 19.5 Å². The zero-order valence-electron chi connectivity index (χ0n) is 13.3. The fourth-order valence-corrected chi connectivity index (χ4v) is 3.50. The highest BCUT2D eigenvalue weighted by atomic mass is 19.1. The average Bonchev–Trinajstić information content (AvgIpc) is 3.30. The highest BCUT2D eigenvalue weighted by Gasteiger charge is 2.32. The smallest absolute Gasteiger partial charge is 0.341 e. The molecule has 4 rings (SSSR count). The van der Waals surface area contributed by atoms with Crippen molar-refractivity contribution in [3.63, 3.8) is 0 Å². The molecule has 2 aromatic rings. The zero-order chi connectivity index (χ0) is 17.9. The molecule has 2 aliphatic rings. The molecule has 0 amide bonds. The normalized spacial score (nSPS) is 20.4. The number of aromatic carboxylic acids is 1. The van der Waals surface area contributed by atoms with Crippen LogP contribution in [0.3, 0.4) is 0 Å². The summed E-state index contributed by atoms with van der Waals surface area (Å²) in [6.45, 7) is 0.765. The molecule has 0 unspecified atom stereocenters. The molecule has 1 saturated carbocycles. The number of carboxylic acid groups (broad SMARTS) is 1. The predicted molar refractivity (Wildman–Crippen MR) is 88.2 cm³/mol. The molecule has 2 fully saturated rings. The highest BCUT2D eigenvalue weighted by Crippen LogP contribution is 2.40. The maximum atomic E-state index is 15.2. The minimum atomic E-state index is -1.41. The van der Waals surface area contributed by atoms with Crippen molar-refractivity contribution in [1.82, 2.24) is 4.57 Å². The summed E-state index contributed by atoms with van der Waals surface area (Å²) in [7, 11) is 0. The molecule has 1 aliphatic carbocycles. The molecule has 3 N–H and O–H groups in total. The van der Waals surface area contributed by atoms with E-state index in [9.17, 15) is 19.1 Å². The molecule has 2 heterocycles. The van der Waals surface area contributed by atoms with Crippen LogP contribution in [0.2, 0.25) is 0 Å². The van der Waals surface area contributed by atoms with Crippen molar-refractivity contribution in [2.75, 3.05) is 18.0 Å². The fourth-order valence-electron chi connectivity index (χ4n) is 3.50. The predicted octanol–water partition coefficient (Wildman–Crippen LogP) is 1.85. The van der Waals surface area contributed by atoms with Crippen molar-refractivity contribution in [3.8, 4) is 0 Å². The Morgan fingerprint density at radius 1 is 1.28 bits per heavy atom. The van der Waals surface area contributed by atoms with Crippen LogP contribution in [-0.4, -0.2) is 34.8 Å². The van der Waals surface area contributed by atoms with E-state index < -0.39 is 28.6 Å². The summed E-state index contributed by atoms with van der Waals surface area (Å²) in [4.78, 5) is 25.3. The minimum absolute atomic E-state index is 0.0330. The maximum absolute atomic E-state index is 15.2. The molecule has 0 bridgehead atoms. The van der Waals surface area contributed by atoms with Crippen LogP contribution < -0.4 is 16.1 Å². The monoisotopic (exact) mass is 349 g/mol. The van der Waals surface area contributed by atoms with E-state index in [0.717, 1.165) is 18.9 Å². The van der Waals surface area contributed by atoms with Crippen LogP contribution >= 0.6 is 0 Å². The standard InChI is InChI=1S/C17H17F2N3O3/c18-12-5-10-14(13(19)15(12)21-4-3-8(20)6-21)22(9-1-2-9)7-11(16(10)23)17(24)25/h5,7-9H,1-4,6,20H2,(H,24,25)/t8-/m0/s1. The summed E-state index contributed by atoms with van der Waals surface area (Å²) in [6, 6.07) is 0.718. The largest absolute Gasteiger partial charge is 0.477 e. The second kappa shape index (κ2) is 5.52. The lowest BCUT2D eigenvalue weighted by Gasteiger charge is -2.22. The van der Waals surface area contributed by atoms with Crippen molar-refractivity contribution in [3.05, 3.63) is 39.7 Å². The van der Waals surface area contributed by atoms with E-state index in [2.05, 4.69) is 0 Å². The number of aromatic nitrogens is 1. The molecule has 132 valence electrons. The lowest BCUT2D eigenvalue weighted by molar-refractivity contribution is 0.0695. The van der Waals surface area contributed by atoms with E-state index in [1.807, 2.05) is 0 Å². The molecule has 0 radical (unpaired) electrons. The molecule has 1 aliphatic heterocycles. The number of hydrogen-bond acceptors (Lipinski definition) is 4. The summed E-state index contributed by atoms with van der Waals surface area (Å²) in [5.74, 6) is -3.11. The number of anilines is 1. The number of hydrogen-bond donors (Lipinski definition) is 2. The second-order valence-electron chi connectivity index (χ2n) is 6.73. The van der Waals surface area contributed by atoms with E-state index in [4.69, 9.17) is 5.73 Å². The van der Waals surface area contributed by atoms with Crippen molar-refractivity contribution >= 4 is 22.6 Å². The highest BCUT2D eigenvalue weighted by molar-refractivity contribution is 5.94. The molecule has 0 spiro atoms. The van der Waals surface area contributed by atoms with Gasteiger partial charge in [0.05, 0.1) is 10.9 Å². The van der Waals surface area contributed by atoms with Gasteiger partial charge in [0.1, 0.15) is 17.1 Å². The second-order valence-corrected chi connectivity index (χ2v) is 6.73. The van der Waals surface area contributed by atoms with Gasteiger partial charge in [-0.15, -0.1) is 0 Å². The maximum Gasteiger partial charge on any atom is 0.341 e. The van der Waals surface area contributed by atoms with Crippen molar-refractivity contribution in [1.29, 1.82) is 0 Å². The minimum Gasteiger partial charge on any atom is -0.477 e. The van der Waals surface area contributed by atoms with Crippen LogP contribution in [0.15, 0.2) is 17.1 Å². The number of nitrogens with two attached hydrogens (primary N) is 1. The summed E-state index contributed by atoms with van der Waals surface area (Å²) >= 11 is 0. The first kappa shape index (κ1) is 16.0. The number of pyridine rings is 1. The Kier molecular flexibility index (Phi) is 3.54. The van der Waals surface area contributed by atoms with Gasteiger partial charge in [0.2, 0.25) is 5.43 Å². The first-order valence-corrected chi connectivity index (χ1v) is 8.19. The lowest BCUT2D eigenvalue weighted by atomic mass is 10.1. The van der Waals surface area contributed by atoms with E-state index in [1.165, 1.54) is 10.8 Å². The fraction of sp³-hybridized carbons (Fsp3) is 0.412. The van der Waals surface area contributed by atoms with Gasteiger partial charge in [-0.1, -0.05) is 0 Å². The van der Waals surface area contributed by atoms with Crippen LogP contribution in [0.1, 0.15) is 35.7 Å². The number of carboxylic acids is 1. The molecule has 1 aromatic heterocycles. The zero-order valence-corrected chi connectivity index (χ0v) is 13.3. The Labute approximate surface area is 141 Å². The molecule has 1 atom stereocenters. The summed E-state index contributed by atoms with van der Waals surface area (Å²) < 4.78 is 31.3. The Morgan fingerprint density at radius 3 is 2.56 bits per heavy atom. The van der Waals surface area contributed by atoms with Crippen molar-refractivity contribution in [2.24, 2.45) is 5.73 Å². The molecule has 1 aromatic carbocycles. The summed E-state index contributed by atoms with van der Waals surface area (Å²) in [5, 5.41) is 8.98. The first-order chi connectivity index (χ1) is 11.9. The number of carbonyl (C=O) groups is 1. The van der Waals surface area contributed by atoms with Gasteiger partial charge in [0.25, 0.3) is 0 Å². The Hall–Kier alpha value is -2.48. The molecular formula is C17H17F2N3O3. The molecule has 25 heavy (non-hydrogen) atoms. The number of rotatable bonds is 3. The lowest BCUT2D eigenvalue weighted by Crippen LogP contribution is -2.28. The third-order valence-corrected chi connectivity index (χ3v) is 4.90. The third-order valence-electron chi connectivity index (χ3n) is 4.90. The average molecular weight is 349 g/mol. The molecule has 1 saturated heterocycles. The number of benzene rings is 1. The van der Waals surface area contributed by atoms with Gasteiger partial charge in [-0.05, 0) is 25.3 Å². The van der Waals surface area contributed by atoms with Gasteiger partial charge in [0.15, 0.2) is 5.82 Å². The van der Waals surface area contributed by atoms with Crippen LogP contribution in [-0.2, 0) is 0 Å². The van der Waals surface area contributed by atoms with Crippen molar-refractivity contribution in [2.45, 2.75) is 31.3 Å². The Bertz CT molecular complexity index is 953. The van der Waals surface area contributed by atoms with E-state index >= 15 is 4.39 Å². The van der Waals surface area contributed by atoms with Gasteiger partial charge in [-0.3, -0.25) is 4.79 Å². The third kappa shape index (κ3) is 2.48. The van der Waals surface area contributed by atoms with E-state index in [1.54, 1.807) is 4.90 Å². The van der Waals surface area contributed by atoms with Gasteiger partial charge >= 0.3 is 5.97 Å². The van der Waals surface area contributed by atoms with Crippen LogP contribution in [0.4, 0.5) is 14.5 Å². The number of fused-ring (bicyclic) bond motifs is 1. The van der Waals surface area contributed by atoms with Crippen LogP contribution in [0.25, 0.3) is 10.9 Å². The topological polar surface area (TPSA) is 88.6 Å². The van der Waals surface area contributed by atoms with E-state index in [-0.39, 0.29) is 28.7 Å². The quantitative estimate of drug-likeness (QED) is 0.883. The van der Waals surface area contributed by atoms with Gasteiger partial charge in [0, 0.05) is 31.4 Å². The SMILES string of the molecule is N[C@H]1CCN(c2c(F)cc3c(=O)c(C(=O)O)cn(C4CC4)c3c2F)C1. The van der Waals surface area contributed by atoms with Crippen LogP contribution in [0.5, 0.6) is 0 Å². The van der Waals surface area contributed by atoms with Gasteiger partial charge < -0.3 is 20.3 Å². The number of nitrogens with zero attached hydrogens (tertiary/aromatic N) is 2. The summed E-state index contributed by atoms with van der Waals surface area (Å²) in [5.41, 5.74) is 4.25. The van der Waals surface area contributed by atoms with Crippen LogP contribution in [0, 0.1) is 11.6 Å². The first-order valence-electron chi connectivity index (χ1n) is 8.19. The molecule has 8 heteroatoms. The Morgan fingerprint density at radius 2 is 2.00 bits per heavy atom. The molecular weight excluding hydrogens is 332 g/mol.